The van der Waals surface area contributed by atoms with E-state index in [0.717, 1.165) is 17.0 Å². The third-order valence-electron chi connectivity index (χ3n) is 5.47. The average molecular weight is 372 g/mol. The third kappa shape index (κ3) is 3.03. The minimum absolute atomic E-state index is 0.00792. The Kier molecular flexibility index (Phi) is 4.63. The van der Waals surface area contributed by atoms with Crippen LogP contribution in [0.1, 0.15) is 46.4 Å². The number of pyridine rings is 1. The molecule has 0 fully saturated rings. The fourth-order valence-corrected chi connectivity index (χ4v) is 3.24. The van der Waals surface area contributed by atoms with Crippen molar-refractivity contribution in [2.75, 3.05) is 12.8 Å². The molecule has 0 spiro atoms. The third-order valence-corrected chi connectivity index (χ3v) is 5.47. The van der Waals surface area contributed by atoms with E-state index in [1.807, 2.05) is 40.1 Å². The number of fused-ring (bicyclic) bond motifs is 1. The number of nitrogens with one attached hydrogen (secondary N) is 1. The zero-order valence-electron chi connectivity index (χ0n) is 17.0. The Morgan fingerprint density at radius 1 is 1.30 bits per heavy atom. The normalized spacial score (nSPS) is 13.6. The molecule has 3 aromatic rings. The van der Waals surface area contributed by atoms with Crippen molar-refractivity contribution < 1.29 is 4.74 Å². The number of aromatic amines is 1. The number of anilines is 1. The number of H-pyrrole nitrogens is 1. The van der Waals surface area contributed by atoms with Gasteiger partial charge in [0.1, 0.15) is 11.0 Å². The Labute approximate surface area is 158 Å². The predicted molar refractivity (Wildman–Crippen MR) is 107 cm³/mol. The van der Waals surface area contributed by atoms with Crippen LogP contribution in [0.2, 0.25) is 0 Å². The first kappa shape index (κ1) is 19.2. The van der Waals surface area contributed by atoms with E-state index < -0.39 is 5.60 Å². The highest BCUT2D eigenvalue weighted by molar-refractivity contribution is 5.97. The van der Waals surface area contributed by atoms with Crippen molar-refractivity contribution in [3.05, 3.63) is 28.3 Å². The molecule has 0 amide bonds. The molecular formula is C19H28N6O2. The molecule has 0 aromatic carbocycles. The van der Waals surface area contributed by atoms with Crippen LogP contribution in [0.5, 0.6) is 0 Å². The van der Waals surface area contributed by atoms with Crippen LogP contribution >= 0.6 is 0 Å². The minimum atomic E-state index is -0.494. The topological polar surface area (TPSA) is 104 Å². The molecule has 0 saturated carbocycles. The summed E-state index contributed by atoms with van der Waals surface area (Å²) in [5.74, 6) is 0.489. The fourth-order valence-electron chi connectivity index (χ4n) is 3.24. The molecule has 3 rings (SSSR count). The van der Waals surface area contributed by atoms with E-state index in [2.05, 4.69) is 29.1 Å². The maximum absolute atomic E-state index is 13.0. The number of hydrogen-bond donors (Lipinski definition) is 2. The van der Waals surface area contributed by atoms with Crippen molar-refractivity contribution in [1.29, 1.82) is 0 Å². The molecule has 3 N–H and O–H groups in total. The summed E-state index contributed by atoms with van der Waals surface area (Å²) in [5, 5.41) is 12.0. The second kappa shape index (κ2) is 6.53. The summed E-state index contributed by atoms with van der Waals surface area (Å²) < 4.78 is 9.13. The maximum Gasteiger partial charge on any atom is 0.264 e. The lowest BCUT2D eigenvalue weighted by Gasteiger charge is -2.22. The van der Waals surface area contributed by atoms with Gasteiger partial charge in [-0.2, -0.15) is 10.2 Å². The van der Waals surface area contributed by atoms with Gasteiger partial charge in [0.25, 0.3) is 5.56 Å². The lowest BCUT2D eigenvalue weighted by molar-refractivity contribution is 0.0123. The highest BCUT2D eigenvalue weighted by atomic mass is 16.5. The number of ether oxygens (including phenoxy) is 1. The van der Waals surface area contributed by atoms with E-state index in [-0.39, 0.29) is 23.3 Å². The fraction of sp³-hybridized carbons (Fsp3) is 0.526. The lowest BCUT2D eigenvalue weighted by Crippen LogP contribution is -2.26. The molecule has 0 radical (unpaired) electrons. The van der Waals surface area contributed by atoms with Gasteiger partial charge >= 0.3 is 0 Å². The van der Waals surface area contributed by atoms with Crippen LogP contribution in [0.4, 0.5) is 5.82 Å². The molecule has 0 bridgehead atoms. The summed E-state index contributed by atoms with van der Waals surface area (Å²) in [6.45, 7) is 10.2. The minimum Gasteiger partial charge on any atom is -0.382 e. The number of nitrogens with two attached hydrogens (primary N) is 1. The molecule has 8 nitrogen and oxygen atoms in total. The van der Waals surface area contributed by atoms with Gasteiger partial charge in [0, 0.05) is 32.0 Å². The van der Waals surface area contributed by atoms with Gasteiger partial charge in [0.2, 0.25) is 0 Å². The number of methoxy groups -OCH3 is 1. The first-order chi connectivity index (χ1) is 12.6. The quantitative estimate of drug-likeness (QED) is 0.717. The molecule has 0 saturated heterocycles. The maximum atomic E-state index is 13.0. The SMILES string of the molecule is COC(C)(C)c1cc(-c2cn([C@@H](C)C(C)C)c(=O)c3c(N)n[nH]c23)nn1C. The average Bonchev–Trinajstić information content (AvgIpc) is 3.19. The zero-order valence-corrected chi connectivity index (χ0v) is 17.0. The van der Waals surface area contributed by atoms with Crippen molar-refractivity contribution in [2.45, 2.75) is 46.3 Å². The van der Waals surface area contributed by atoms with Gasteiger partial charge in [-0.25, -0.2) is 0 Å². The number of hydrogen-bond acceptors (Lipinski definition) is 5. The van der Waals surface area contributed by atoms with Gasteiger partial charge in [-0.1, -0.05) is 13.8 Å². The number of rotatable bonds is 5. The van der Waals surface area contributed by atoms with Crippen LogP contribution in [0.3, 0.4) is 0 Å². The van der Waals surface area contributed by atoms with Crippen LogP contribution in [0.25, 0.3) is 22.2 Å². The van der Waals surface area contributed by atoms with Crippen LogP contribution in [0.15, 0.2) is 17.1 Å². The zero-order chi connectivity index (χ0) is 20.1. The molecule has 1 atom stereocenters. The standard InChI is InChI=1S/C19H28N6O2/c1-10(2)11(3)25-9-12(16-15(18(25)26)17(20)22-21-16)13-8-14(24(6)23-13)19(4,5)27-7/h8-11H,1-7H3,(H3,20,21,22)/t11-/m0/s1. The molecule has 146 valence electrons. The van der Waals surface area contributed by atoms with Gasteiger partial charge < -0.3 is 15.0 Å². The Morgan fingerprint density at radius 3 is 2.56 bits per heavy atom. The van der Waals surface area contributed by atoms with Gasteiger partial charge in [-0.3, -0.25) is 14.6 Å². The van der Waals surface area contributed by atoms with Crippen LogP contribution < -0.4 is 11.3 Å². The summed E-state index contributed by atoms with van der Waals surface area (Å²) in [6.07, 6.45) is 1.85. The Bertz CT molecular complexity index is 1040. The van der Waals surface area contributed by atoms with Gasteiger partial charge in [-0.05, 0) is 32.8 Å². The first-order valence-electron chi connectivity index (χ1n) is 9.07. The van der Waals surface area contributed by atoms with Crippen molar-refractivity contribution in [3.8, 4) is 11.3 Å². The van der Waals surface area contributed by atoms with Crippen molar-refractivity contribution >= 4 is 16.7 Å². The summed E-state index contributed by atoms with van der Waals surface area (Å²) in [7, 11) is 3.55. The number of aromatic nitrogens is 5. The smallest absolute Gasteiger partial charge is 0.264 e. The first-order valence-corrected chi connectivity index (χ1v) is 9.07. The molecule has 0 aliphatic carbocycles. The van der Waals surface area contributed by atoms with E-state index in [9.17, 15) is 4.79 Å². The molecule has 3 aromatic heterocycles. The molecule has 27 heavy (non-hydrogen) atoms. The Balaban J connectivity index is 2.31. The molecule has 0 unspecified atom stereocenters. The van der Waals surface area contributed by atoms with Gasteiger partial charge in [-0.15, -0.1) is 0 Å². The molecular weight excluding hydrogens is 344 g/mol. The van der Waals surface area contributed by atoms with Crippen molar-refractivity contribution in [3.63, 3.8) is 0 Å². The van der Waals surface area contributed by atoms with E-state index in [1.165, 1.54) is 0 Å². The van der Waals surface area contributed by atoms with Gasteiger partial charge in [0.15, 0.2) is 5.82 Å². The van der Waals surface area contributed by atoms with E-state index in [1.54, 1.807) is 16.4 Å². The Hall–Kier alpha value is -2.61. The van der Waals surface area contributed by atoms with E-state index >= 15 is 0 Å². The van der Waals surface area contributed by atoms with E-state index in [0.29, 0.717) is 10.9 Å². The molecule has 8 heteroatoms. The Morgan fingerprint density at radius 2 is 1.96 bits per heavy atom. The van der Waals surface area contributed by atoms with Crippen LogP contribution in [0, 0.1) is 5.92 Å². The highest BCUT2D eigenvalue weighted by Crippen LogP contribution is 2.32. The lowest BCUT2D eigenvalue weighted by atomic mass is 10.0. The summed E-state index contributed by atoms with van der Waals surface area (Å²) in [5.41, 5.74) is 8.40. The van der Waals surface area contributed by atoms with Crippen LogP contribution in [-0.2, 0) is 17.4 Å². The molecule has 3 heterocycles. The van der Waals surface area contributed by atoms with Gasteiger partial charge in [0.05, 0.1) is 16.9 Å². The van der Waals surface area contributed by atoms with Crippen molar-refractivity contribution in [1.82, 2.24) is 24.5 Å². The number of aryl methyl sites for hydroxylation is 1. The monoisotopic (exact) mass is 372 g/mol. The van der Waals surface area contributed by atoms with Crippen molar-refractivity contribution in [2.24, 2.45) is 13.0 Å². The number of nitrogen functional groups attached to an aromatic ring is 1. The number of nitrogens with zero attached hydrogens (tertiary/aromatic N) is 4. The largest absolute Gasteiger partial charge is 0.382 e. The highest BCUT2D eigenvalue weighted by Gasteiger charge is 2.27. The van der Waals surface area contributed by atoms with E-state index in [4.69, 9.17) is 10.5 Å². The predicted octanol–water partition coefficient (Wildman–Crippen LogP) is 2.81. The van der Waals surface area contributed by atoms with Crippen LogP contribution in [-0.4, -0.2) is 31.7 Å². The molecule has 0 aliphatic heterocycles. The second-order valence-corrected chi connectivity index (χ2v) is 7.85. The molecule has 0 aliphatic rings. The second-order valence-electron chi connectivity index (χ2n) is 7.85. The summed E-state index contributed by atoms with van der Waals surface area (Å²) in [4.78, 5) is 13.0. The summed E-state index contributed by atoms with van der Waals surface area (Å²) >= 11 is 0. The summed E-state index contributed by atoms with van der Waals surface area (Å²) in [6, 6.07) is 1.98.